The zero-order valence-corrected chi connectivity index (χ0v) is 14.0. The zero-order valence-electron chi connectivity index (χ0n) is 14.0. The summed E-state index contributed by atoms with van der Waals surface area (Å²) in [4.78, 5) is 14.7. The number of aryl methyl sites for hydroxylation is 1. The van der Waals surface area contributed by atoms with Crippen molar-refractivity contribution >= 4 is 11.6 Å². The van der Waals surface area contributed by atoms with Crippen LogP contribution < -0.4 is 5.32 Å². The van der Waals surface area contributed by atoms with Gasteiger partial charge in [-0.2, -0.15) is 0 Å². The van der Waals surface area contributed by atoms with Crippen LogP contribution in [0.15, 0.2) is 41.0 Å². The molecule has 0 spiro atoms. The van der Waals surface area contributed by atoms with Crippen molar-refractivity contribution in [2.45, 2.75) is 26.3 Å². The minimum Gasteiger partial charge on any atom is -0.469 e. The Morgan fingerprint density at radius 2 is 2.12 bits per heavy atom. The van der Waals surface area contributed by atoms with E-state index in [1.807, 2.05) is 18.2 Å². The molecule has 1 saturated heterocycles. The number of benzene rings is 1. The van der Waals surface area contributed by atoms with Gasteiger partial charge in [0.1, 0.15) is 5.76 Å². The molecule has 24 heavy (non-hydrogen) atoms. The molecule has 0 unspecified atom stereocenters. The van der Waals surface area contributed by atoms with Gasteiger partial charge in [-0.1, -0.05) is 12.1 Å². The quantitative estimate of drug-likeness (QED) is 0.885. The van der Waals surface area contributed by atoms with E-state index in [2.05, 4.69) is 16.3 Å². The van der Waals surface area contributed by atoms with Gasteiger partial charge in [0.2, 0.25) is 0 Å². The first-order valence-electron chi connectivity index (χ1n) is 8.43. The zero-order chi connectivity index (χ0) is 16.9. The van der Waals surface area contributed by atoms with Gasteiger partial charge in [0, 0.05) is 18.8 Å². The normalized spacial score (nSPS) is 16.2. The van der Waals surface area contributed by atoms with Gasteiger partial charge < -0.3 is 14.8 Å². The Bertz CT molecular complexity index is 687. The number of nitrogens with zero attached hydrogens (tertiary/aromatic N) is 1. The van der Waals surface area contributed by atoms with E-state index in [1.54, 1.807) is 13.0 Å². The van der Waals surface area contributed by atoms with Crippen LogP contribution in [0.3, 0.4) is 0 Å². The summed E-state index contributed by atoms with van der Waals surface area (Å²) >= 11 is 0. The van der Waals surface area contributed by atoms with Crippen LogP contribution in [0.1, 0.15) is 34.5 Å². The van der Waals surface area contributed by atoms with Crippen LogP contribution in [0, 0.1) is 12.8 Å². The Morgan fingerprint density at radius 1 is 1.33 bits per heavy atom. The molecule has 2 aromatic rings. The number of likely N-dealkylation sites (tertiary alicyclic amines) is 1. The van der Waals surface area contributed by atoms with E-state index in [4.69, 9.17) is 4.42 Å². The molecular weight excluding hydrogens is 304 g/mol. The van der Waals surface area contributed by atoms with E-state index >= 15 is 0 Å². The molecule has 3 rings (SSSR count). The van der Waals surface area contributed by atoms with E-state index in [0.717, 1.165) is 38.2 Å². The standard InChI is InChI=1S/C19H24N2O3/c1-14-18(7-10-24-14)19(23)20-17-4-2-3-16(11-17)12-21-8-5-15(13-22)6-9-21/h2-4,7,10-11,15,22H,5-6,8-9,12-13H2,1H3,(H,20,23). The summed E-state index contributed by atoms with van der Waals surface area (Å²) in [5, 5.41) is 12.1. The number of furan rings is 1. The SMILES string of the molecule is Cc1occc1C(=O)Nc1cccc(CN2CCC(CO)CC2)c1. The Morgan fingerprint density at radius 3 is 2.79 bits per heavy atom. The number of nitrogens with one attached hydrogen (secondary N) is 1. The highest BCUT2D eigenvalue weighted by atomic mass is 16.3. The van der Waals surface area contributed by atoms with Crippen molar-refractivity contribution in [1.29, 1.82) is 0 Å². The maximum absolute atomic E-state index is 12.3. The lowest BCUT2D eigenvalue weighted by atomic mass is 9.97. The molecule has 0 atom stereocenters. The van der Waals surface area contributed by atoms with E-state index in [9.17, 15) is 9.90 Å². The lowest BCUT2D eigenvalue weighted by Gasteiger charge is -2.31. The number of rotatable bonds is 5. The first-order chi connectivity index (χ1) is 11.7. The molecule has 0 radical (unpaired) electrons. The van der Waals surface area contributed by atoms with Gasteiger partial charge in [-0.15, -0.1) is 0 Å². The molecule has 128 valence electrons. The molecule has 5 heteroatoms. The number of anilines is 1. The summed E-state index contributed by atoms with van der Waals surface area (Å²) in [6, 6.07) is 9.64. The Hall–Kier alpha value is -2.11. The lowest BCUT2D eigenvalue weighted by Crippen LogP contribution is -2.34. The maximum Gasteiger partial charge on any atom is 0.259 e. The summed E-state index contributed by atoms with van der Waals surface area (Å²) in [6.45, 7) is 4.96. The van der Waals surface area contributed by atoms with Gasteiger partial charge >= 0.3 is 0 Å². The lowest BCUT2D eigenvalue weighted by molar-refractivity contribution is 0.102. The average Bonchev–Trinajstić information content (AvgIpc) is 3.02. The number of carbonyl (C=O) groups excluding carboxylic acids is 1. The molecular formula is C19H24N2O3. The van der Waals surface area contributed by atoms with Crippen molar-refractivity contribution in [3.63, 3.8) is 0 Å². The number of carbonyl (C=O) groups is 1. The van der Waals surface area contributed by atoms with Crippen molar-refractivity contribution in [2.24, 2.45) is 5.92 Å². The monoisotopic (exact) mass is 328 g/mol. The fraction of sp³-hybridized carbons (Fsp3) is 0.421. The van der Waals surface area contributed by atoms with Crippen molar-refractivity contribution < 1.29 is 14.3 Å². The predicted octanol–water partition coefficient (Wildman–Crippen LogP) is 3.04. The van der Waals surface area contributed by atoms with E-state index in [1.165, 1.54) is 11.8 Å². The third kappa shape index (κ3) is 4.04. The largest absolute Gasteiger partial charge is 0.469 e. The van der Waals surface area contributed by atoms with E-state index in [0.29, 0.717) is 23.8 Å². The van der Waals surface area contributed by atoms with E-state index < -0.39 is 0 Å². The molecule has 0 saturated carbocycles. The van der Waals surface area contributed by atoms with Gasteiger partial charge in [-0.3, -0.25) is 9.69 Å². The van der Waals surface area contributed by atoms with Crippen molar-refractivity contribution in [1.82, 2.24) is 4.90 Å². The van der Waals surface area contributed by atoms with Gasteiger partial charge in [-0.25, -0.2) is 0 Å². The summed E-state index contributed by atoms with van der Waals surface area (Å²) in [5.74, 6) is 0.919. The summed E-state index contributed by atoms with van der Waals surface area (Å²) in [5.41, 5.74) is 2.54. The fourth-order valence-electron chi connectivity index (χ4n) is 3.15. The molecule has 1 aliphatic heterocycles. The molecule has 0 aliphatic carbocycles. The topological polar surface area (TPSA) is 65.7 Å². The number of aliphatic hydroxyl groups excluding tert-OH is 1. The number of hydrogen-bond donors (Lipinski definition) is 2. The van der Waals surface area contributed by atoms with Gasteiger partial charge in [0.25, 0.3) is 5.91 Å². The molecule has 0 bridgehead atoms. The molecule has 1 fully saturated rings. The van der Waals surface area contributed by atoms with Gasteiger partial charge in [-0.05, 0) is 62.5 Å². The van der Waals surface area contributed by atoms with Gasteiger partial charge in [0.15, 0.2) is 0 Å². The van der Waals surface area contributed by atoms with Crippen LogP contribution in [0.4, 0.5) is 5.69 Å². The third-order valence-corrected chi connectivity index (χ3v) is 4.66. The third-order valence-electron chi connectivity index (χ3n) is 4.66. The minimum atomic E-state index is -0.151. The van der Waals surface area contributed by atoms with Gasteiger partial charge in [0.05, 0.1) is 11.8 Å². The van der Waals surface area contributed by atoms with Crippen LogP contribution in [0.5, 0.6) is 0 Å². The maximum atomic E-state index is 12.3. The van der Waals surface area contributed by atoms with Crippen LogP contribution in [-0.4, -0.2) is 35.6 Å². The number of aliphatic hydroxyl groups is 1. The fourth-order valence-corrected chi connectivity index (χ4v) is 3.15. The molecule has 5 nitrogen and oxygen atoms in total. The highest BCUT2D eigenvalue weighted by Gasteiger charge is 2.18. The molecule has 1 aromatic heterocycles. The summed E-state index contributed by atoms with van der Waals surface area (Å²) in [7, 11) is 0. The average molecular weight is 328 g/mol. The molecule has 2 N–H and O–H groups in total. The van der Waals surface area contributed by atoms with Crippen LogP contribution in [0.25, 0.3) is 0 Å². The second-order valence-electron chi connectivity index (χ2n) is 6.45. The Labute approximate surface area is 142 Å². The predicted molar refractivity (Wildman–Crippen MR) is 92.9 cm³/mol. The number of amides is 1. The highest BCUT2D eigenvalue weighted by molar-refractivity contribution is 6.04. The van der Waals surface area contributed by atoms with Crippen molar-refractivity contribution in [2.75, 3.05) is 25.0 Å². The second-order valence-corrected chi connectivity index (χ2v) is 6.45. The first-order valence-corrected chi connectivity index (χ1v) is 8.43. The summed E-state index contributed by atoms with van der Waals surface area (Å²) in [6.07, 6.45) is 3.62. The molecule has 1 aromatic carbocycles. The smallest absolute Gasteiger partial charge is 0.259 e. The first kappa shape index (κ1) is 16.7. The Balaban J connectivity index is 1.60. The second kappa shape index (κ2) is 7.64. The molecule has 1 amide bonds. The van der Waals surface area contributed by atoms with E-state index in [-0.39, 0.29) is 5.91 Å². The number of hydrogen-bond acceptors (Lipinski definition) is 4. The molecule has 2 heterocycles. The number of piperidine rings is 1. The summed E-state index contributed by atoms with van der Waals surface area (Å²) < 4.78 is 5.18. The molecule has 1 aliphatic rings. The van der Waals surface area contributed by atoms with Crippen LogP contribution in [0.2, 0.25) is 0 Å². The van der Waals surface area contributed by atoms with Crippen LogP contribution >= 0.6 is 0 Å². The van der Waals surface area contributed by atoms with Crippen molar-refractivity contribution in [3.8, 4) is 0 Å². The highest BCUT2D eigenvalue weighted by Crippen LogP contribution is 2.20. The Kier molecular flexibility index (Phi) is 5.33. The van der Waals surface area contributed by atoms with Crippen molar-refractivity contribution in [3.05, 3.63) is 53.5 Å². The minimum absolute atomic E-state index is 0.151. The van der Waals surface area contributed by atoms with Crippen LogP contribution in [-0.2, 0) is 6.54 Å².